The van der Waals surface area contributed by atoms with E-state index in [-0.39, 0.29) is 17.1 Å². The normalized spacial score (nSPS) is 10.8. The lowest BCUT2D eigenvalue weighted by atomic mass is 10.2. The van der Waals surface area contributed by atoms with Crippen molar-refractivity contribution in [1.82, 2.24) is 14.8 Å². The predicted octanol–water partition coefficient (Wildman–Crippen LogP) is 3.58. The molecule has 0 unspecified atom stereocenters. The molecule has 10 heteroatoms. The third-order valence-corrected chi connectivity index (χ3v) is 3.72. The van der Waals surface area contributed by atoms with Crippen molar-refractivity contribution in [1.29, 1.82) is 0 Å². The maximum absolute atomic E-state index is 14.3. The predicted molar refractivity (Wildman–Crippen MR) is 87.5 cm³/mol. The molecule has 0 aliphatic heterocycles. The van der Waals surface area contributed by atoms with E-state index in [0.29, 0.717) is 10.5 Å². The molecule has 3 aromatic rings. The quantitative estimate of drug-likeness (QED) is 0.673. The van der Waals surface area contributed by atoms with Crippen LogP contribution in [-0.2, 0) is 4.79 Å². The molecule has 6 nitrogen and oxygen atoms in total. The number of carboxylic acid groups (broad SMARTS) is 1. The van der Waals surface area contributed by atoms with Crippen LogP contribution in [0.5, 0.6) is 6.01 Å². The number of carboxylic acids is 1. The summed E-state index contributed by atoms with van der Waals surface area (Å²) in [5.41, 5.74) is -0.240. The molecule has 1 aromatic heterocycles. The molecular formula is C16H9BrF3N3O3. The van der Waals surface area contributed by atoms with Gasteiger partial charge in [0.1, 0.15) is 23.1 Å². The zero-order valence-electron chi connectivity index (χ0n) is 12.8. The highest BCUT2D eigenvalue weighted by Crippen LogP contribution is 2.28. The molecule has 26 heavy (non-hydrogen) atoms. The molecular weight excluding hydrogens is 419 g/mol. The Kier molecular flexibility index (Phi) is 4.94. The third kappa shape index (κ3) is 3.69. The Morgan fingerprint density at radius 1 is 1.15 bits per heavy atom. The molecule has 0 aliphatic rings. The van der Waals surface area contributed by atoms with Crippen LogP contribution in [0.3, 0.4) is 0 Å². The second-order valence-corrected chi connectivity index (χ2v) is 5.95. The van der Waals surface area contributed by atoms with Gasteiger partial charge in [-0.3, -0.25) is 0 Å². The van der Waals surface area contributed by atoms with Gasteiger partial charge in [0.25, 0.3) is 0 Å². The summed E-state index contributed by atoms with van der Waals surface area (Å²) in [5.74, 6) is -3.89. The summed E-state index contributed by atoms with van der Waals surface area (Å²) in [6.45, 7) is -0.738. The first-order valence-electron chi connectivity index (χ1n) is 7.07. The van der Waals surface area contributed by atoms with Crippen molar-refractivity contribution < 1.29 is 27.8 Å². The number of rotatable bonds is 5. The summed E-state index contributed by atoms with van der Waals surface area (Å²) in [6.07, 6.45) is 0. The standard InChI is InChI=1S/C16H9BrF3N3O3/c17-8-1-4-13(12(20)5-8)23-15(10-3-2-9(18)6-11(10)19)21-16(22-23)26-7-14(24)25/h1-6H,7H2,(H,24,25). The first kappa shape index (κ1) is 17.9. The minimum atomic E-state index is -1.27. The minimum absolute atomic E-state index is 0.0791. The highest BCUT2D eigenvalue weighted by Gasteiger charge is 2.20. The van der Waals surface area contributed by atoms with Gasteiger partial charge in [-0.25, -0.2) is 22.6 Å². The van der Waals surface area contributed by atoms with Gasteiger partial charge in [-0.1, -0.05) is 15.9 Å². The van der Waals surface area contributed by atoms with Crippen LogP contribution in [-0.4, -0.2) is 32.4 Å². The van der Waals surface area contributed by atoms with Gasteiger partial charge in [0.15, 0.2) is 12.4 Å². The van der Waals surface area contributed by atoms with Gasteiger partial charge >= 0.3 is 12.0 Å². The Morgan fingerprint density at radius 2 is 1.92 bits per heavy atom. The number of carbonyl (C=O) groups is 1. The first-order chi connectivity index (χ1) is 12.3. The highest BCUT2D eigenvalue weighted by atomic mass is 79.9. The number of halogens is 4. The van der Waals surface area contributed by atoms with Crippen LogP contribution in [0.4, 0.5) is 13.2 Å². The van der Waals surface area contributed by atoms with Gasteiger partial charge in [-0.15, -0.1) is 5.10 Å². The average molecular weight is 428 g/mol. The molecule has 0 atom stereocenters. The van der Waals surface area contributed by atoms with E-state index in [2.05, 4.69) is 26.0 Å². The smallest absolute Gasteiger partial charge is 0.341 e. The van der Waals surface area contributed by atoms with Crippen molar-refractivity contribution in [2.45, 2.75) is 0 Å². The topological polar surface area (TPSA) is 77.2 Å². The number of benzene rings is 2. The number of ether oxygens (including phenoxy) is 1. The molecule has 3 rings (SSSR count). The molecule has 0 saturated carbocycles. The number of nitrogens with zero attached hydrogens (tertiary/aromatic N) is 3. The summed E-state index contributed by atoms with van der Waals surface area (Å²) >= 11 is 3.12. The Morgan fingerprint density at radius 3 is 2.58 bits per heavy atom. The Balaban J connectivity index is 2.16. The lowest BCUT2D eigenvalue weighted by molar-refractivity contribution is -0.139. The molecule has 0 saturated heterocycles. The number of aromatic nitrogens is 3. The Labute approximate surface area is 153 Å². The van der Waals surface area contributed by atoms with Crippen LogP contribution >= 0.6 is 15.9 Å². The second-order valence-electron chi connectivity index (χ2n) is 5.03. The molecule has 1 N–H and O–H groups in total. The van der Waals surface area contributed by atoms with E-state index < -0.39 is 36.0 Å². The molecule has 0 aliphatic carbocycles. The van der Waals surface area contributed by atoms with Crippen molar-refractivity contribution >= 4 is 21.9 Å². The van der Waals surface area contributed by atoms with Gasteiger partial charge in [-0.05, 0) is 30.3 Å². The van der Waals surface area contributed by atoms with E-state index in [0.717, 1.165) is 16.8 Å². The van der Waals surface area contributed by atoms with Crippen LogP contribution in [0.15, 0.2) is 40.9 Å². The van der Waals surface area contributed by atoms with E-state index in [1.54, 1.807) is 0 Å². The Bertz CT molecular complexity index is 925. The van der Waals surface area contributed by atoms with Crippen LogP contribution < -0.4 is 4.74 Å². The van der Waals surface area contributed by atoms with E-state index in [1.807, 2.05) is 0 Å². The van der Waals surface area contributed by atoms with E-state index in [1.165, 1.54) is 18.2 Å². The van der Waals surface area contributed by atoms with Gasteiger partial charge in [0.05, 0.1) is 5.56 Å². The van der Waals surface area contributed by atoms with Gasteiger partial charge in [0, 0.05) is 10.5 Å². The van der Waals surface area contributed by atoms with Crippen LogP contribution in [0.2, 0.25) is 0 Å². The van der Waals surface area contributed by atoms with Gasteiger partial charge in [-0.2, -0.15) is 4.98 Å². The molecule has 0 amide bonds. The molecule has 2 aromatic carbocycles. The van der Waals surface area contributed by atoms with Crippen LogP contribution in [0.25, 0.3) is 17.1 Å². The summed E-state index contributed by atoms with van der Waals surface area (Å²) in [7, 11) is 0. The summed E-state index contributed by atoms with van der Waals surface area (Å²) in [4.78, 5) is 14.5. The van der Waals surface area contributed by atoms with Gasteiger partial charge in [0.2, 0.25) is 0 Å². The summed E-state index contributed by atoms with van der Waals surface area (Å²) in [5, 5.41) is 12.6. The van der Waals surface area contributed by atoms with Crippen LogP contribution in [0, 0.1) is 17.5 Å². The van der Waals surface area contributed by atoms with Gasteiger partial charge < -0.3 is 9.84 Å². The monoisotopic (exact) mass is 427 g/mol. The maximum atomic E-state index is 14.3. The highest BCUT2D eigenvalue weighted by molar-refractivity contribution is 9.10. The average Bonchev–Trinajstić information content (AvgIpc) is 2.96. The van der Waals surface area contributed by atoms with E-state index in [9.17, 15) is 18.0 Å². The molecule has 0 spiro atoms. The molecule has 0 radical (unpaired) electrons. The van der Waals surface area contributed by atoms with Crippen molar-refractivity contribution in [3.05, 3.63) is 58.3 Å². The van der Waals surface area contributed by atoms with E-state index >= 15 is 0 Å². The molecule has 0 fully saturated rings. The number of hydrogen-bond donors (Lipinski definition) is 1. The minimum Gasteiger partial charge on any atom is -0.479 e. The SMILES string of the molecule is O=C(O)COc1nc(-c2ccc(F)cc2F)n(-c2ccc(Br)cc2F)n1. The van der Waals surface area contributed by atoms with Crippen molar-refractivity contribution in [2.24, 2.45) is 0 Å². The van der Waals surface area contributed by atoms with Crippen molar-refractivity contribution in [2.75, 3.05) is 6.61 Å². The van der Waals surface area contributed by atoms with Crippen molar-refractivity contribution in [3.8, 4) is 23.1 Å². The lowest BCUT2D eigenvalue weighted by Crippen LogP contribution is -2.10. The van der Waals surface area contributed by atoms with Crippen LogP contribution in [0.1, 0.15) is 0 Å². The fourth-order valence-electron chi connectivity index (χ4n) is 2.15. The number of aliphatic carboxylic acids is 1. The fraction of sp³-hybridized carbons (Fsp3) is 0.0625. The molecule has 134 valence electrons. The first-order valence-corrected chi connectivity index (χ1v) is 7.87. The summed E-state index contributed by atoms with van der Waals surface area (Å²) < 4.78 is 48.0. The fourth-order valence-corrected chi connectivity index (χ4v) is 2.48. The summed E-state index contributed by atoms with van der Waals surface area (Å²) in [6, 6.07) is 6.43. The second kappa shape index (κ2) is 7.16. The molecule has 1 heterocycles. The zero-order valence-corrected chi connectivity index (χ0v) is 14.4. The zero-order chi connectivity index (χ0) is 18.8. The van der Waals surface area contributed by atoms with Crippen molar-refractivity contribution in [3.63, 3.8) is 0 Å². The third-order valence-electron chi connectivity index (χ3n) is 3.22. The lowest BCUT2D eigenvalue weighted by Gasteiger charge is -2.08. The molecule has 0 bridgehead atoms. The number of hydrogen-bond acceptors (Lipinski definition) is 4. The Hall–Kier alpha value is -2.88. The van der Waals surface area contributed by atoms with E-state index in [4.69, 9.17) is 9.84 Å². The maximum Gasteiger partial charge on any atom is 0.341 e. The largest absolute Gasteiger partial charge is 0.479 e.